The number of ether oxygens (including phenoxy) is 2. The molecule has 0 fully saturated rings. The maximum Gasteiger partial charge on any atom is 0.225 e. The van der Waals surface area contributed by atoms with Gasteiger partial charge in [-0.2, -0.15) is 0 Å². The summed E-state index contributed by atoms with van der Waals surface area (Å²) in [4.78, 5) is 12.9. The van der Waals surface area contributed by atoms with Crippen LogP contribution in [0.2, 0.25) is 0 Å². The highest BCUT2D eigenvalue weighted by Crippen LogP contribution is 2.41. The molecule has 38 heavy (non-hydrogen) atoms. The van der Waals surface area contributed by atoms with E-state index < -0.39 is 0 Å². The Balaban J connectivity index is 1.24. The molecule has 1 N–H and O–H groups in total. The molecule has 6 rings (SSSR count). The van der Waals surface area contributed by atoms with E-state index in [4.69, 9.17) is 9.47 Å². The van der Waals surface area contributed by atoms with E-state index >= 15 is 0 Å². The number of nitrogens with one attached hydrogen (secondary N) is 1. The van der Waals surface area contributed by atoms with Crippen molar-refractivity contribution < 1.29 is 14.3 Å². The van der Waals surface area contributed by atoms with Gasteiger partial charge in [-0.25, -0.2) is 0 Å². The zero-order valence-electron chi connectivity index (χ0n) is 21.4. The van der Waals surface area contributed by atoms with Crippen molar-refractivity contribution in [3.63, 3.8) is 0 Å². The second-order valence-electron chi connectivity index (χ2n) is 9.72. The van der Waals surface area contributed by atoms with Gasteiger partial charge in [0.1, 0.15) is 11.5 Å². The Morgan fingerprint density at radius 1 is 0.842 bits per heavy atom. The lowest BCUT2D eigenvalue weighted by Crippen LogP contribution is -2.14. The van der Waals surface area contributed by atoms with Crippen LogP contribution in [-0.4, -0.2) is 24.2 Å². The average Bonchev–Trinajstić information content (AvgIpc) is 3.24. The molecule has 5 nitrogen and oxygen atoms in total. The first-order valence-electron chi connectivity index (χ1n) is 13.0. The summed E-state index contributed by atoms with van der Waals surface area (Å²) in [5, 5.41) is 4.26. The molecule has 1 amide bonds. The normalized spacial score (nSPS) is 14.7. The van der Waals surface area contributed by atoms with Crippen LogP contribution in [0.25, 0.3) is 10.9 Å². The number of nitrogens with zero attached hydrogens (tertiary/aromatic N) is 1. The fourth-order valence-corrected chi connectivity index (χ4v) is 5.33. The van der Waals surface area contributed by atoms with Crippen LogP contribution in [0.5, 0.6) is 11.5 Å². The molecule has 1 atom stereocenters. The zero-order valence-corrected chi connectivity index (χ0v) is 21.4. The maximum absolute atomic E-state index is 12.9. The molecular weight excluding hydrogens is 472 g/mol. The summed E-state index contributed by atoms with van der Waals surface area (Å²) >= 11 is 0. The van der Waals surface area contributed by atoms with Gasteiger partial charge in [0.2, 0.25) is 5.91 Å². The van der Waals surface area contributed by atoms with Gasteiger partial charge in [0.15, 0.2) is 0 Å². The van der Waals surface area contributed by atoms with Crippen molar-refractivity contribution >= 4 is 22.5 Å². The lowest BCUT2D eigenvalue weighted by Gasteiger charge is -2.15. The zero-order chi connectivity index (χ0) is 25.9. The summed E-state index contributed by atoms with van der Waals surface area (Å²) in [6.45, 7) is 1.37. The molecule has 0 spiro atoms. The molecule has 0 aliphatic carbocycles. The van der Waals surface area contributed by atoms with Crippen LogP contribution in [0.4, 0.5) is 5.69 Å². The van der Waals surface area contributed by atoms with Gasteiger partial charge < -0.3 is 19.4 Å². The molecule has 5 heteroatoms. The molecule has 0 radical (unpaired) electrons. The molecule has 190 valence electrons. The monoisotopic (exact) mass is 502 g/mol. The SMILES string of the molecule is COc1ccc(CCOc2ccc(C3CC(=O)Nc4cccc5c4c3cn5Cc3ccccc3)cc2)cc1. The minimum Gasteiger partial charge on any atom is -0.497 e. The van der Waals surface area contributed by atoms with Gasteiger partial charge in [-0.3, -0.25) is 4.79 Å². The highest BCUT2D eigenvalue weighted by atomic mass is 16.5. The summed E-state index contributed by atoms with van der Waals surface area (Å²) < 4.78 is 13.5. The van der Waals surface area contributed by atoms with Crippen molar-refractivity contribution in [2.24, 2.45) is 0 Å². The van der Waals surface area contributed by atoms with Crippen molar-refractivity contribution in [1.29, 1.82) is 0 Å². The molecule has 1 aromatic heterocycles. The van der Waals surface area contributed by atoms with Gasteiger partial charge in [0.05, 0.1) is 24.9 Å². The summed E-state index contributed by atoms with van der Waals surface area (Å²) in [7, 11) is 1.67. The third-order valence-corrected chi connectivity index (χ3v) is 7.27. The first-order valence-corrected chi connectivity index (χ1v) is 13.0. The number of benzene rings is 4. The molecular formula is C33H30N2O3. The van der Waals surface area contributed by atoms with E-state index in [0.29, 0.717) is 13.0 Å². The van der Waals surface area contributed by atoms with Gasteiger partial charge in [-0.05, 0) is 58.7 Å². The van der Waals surface area contributed by atoms with E-state index in [1.54, 1.807) is 7.11 Å². The van der Waals surface area contributed by atoms with Crippen molar-refractivity contribution in [1.82, 2.24) is 4.57 Å². The van der Waals surface area contributed by atoms with Crippen LogP contribution in [0.15, 0.2) is 103 Å². The van der Waals surface area contributed by atoms with Crippen LogP contribution in [0, 0.1) is 0 Å². The number of hydrogen-bond acceptors (Lipinski definition) is 3. The number of hydrogen-bond donors (Lipinski definition) is 1. The molecule has 4 aromatic carbocycles. The van der Waals surface area contributed by atoms with Gasteiger partial charge in [0, 0.05) is 36.9 Å². The number of carbonyl (C=O) groups is 1. The second-order valence-corrected chi connectivity index (χ2v) is 9.72. The van der Waals surface area contributed by atoms with Crippen molar-refractivity contribution in [2.45, 2.75) is 25.3 Å². The number of amides is 1. The van der Waals surface area contributed by atoms with Gasteiger partial charge in [-0.1, -0.05) is 60.7 Å². The van der Waals surface area contributed by atoms with Crippen molar-refractivity contribution in [2.75, 3.05) is 19.0 Å². The Labute approximate surface area is 222 Å². The van der Waals surface area contributed by atoms with Crippen LogP contribution in [0.3, 0.4) is 0 Å². The molecule has 1 aliphatic rings. The summed E-state index contributed by atoms with van der Waals surface area (Å²) in [6, 6.07) is 32.9. The standard InChI is InChI=1S/C33H30N2O3/c1-37-26-14-10-23(11-15-26)18-19-38-27-16-12-25(13-17-27)28-20-32(36)34-30-8-5-9-31-33(30)29(28)22-35(31)21-24-6-3-2-4-7-24/h2-17,22,28H,18-21H2,1H3,(H,34,36). The Kier molecular flexibility index (Phi) is 6.57. The number of anilines is 1. The molecule has 0 saturated carbocycles. The molecule has 0 saturated heterocycles. The molecule has 2 heterocycles. The first-order chi connectivity index (χ1) is 18.7. The number of rotatable bonds is 8. The van der Waals surface area contributed by atoms with E-state index in [0.717, 1.165) is 46.6 Å². The van der Waals surface area contributed by atoms with Crippen LogP contribution in [0.1, 0.15) is 34.6 Å². The Morgan fingerprint density at radius 3 is 2.37 bits per heavy atom. The molecule has 5 aromatic rings. The van der Waals surface area contributed by atoms with E-state index in [1.165, 1.54) is 16.7 Å². The fraction of sp³-hybridized carbons (Fsp3) is 0.182. The lowest BCUT2D eigenvalue weighted by molar-refractivity contribution is -0.116. The maximum atomic E-state index is 12.9. The minimum atomic E-state index is -0.0356. The Morgan fingerprint density at radius 2 is 1.61 bits per heavy atom. The number of carbonyl (C=O) groups excluding carboxylic acids is 1. The van der Waals surface area contributed by atoms with Crippen LogP contribution in [-0.2, 0) is 17.8 Å². The number of methoxy groups -OCH3 is 1. The molecule has 0 bridgehead atoms. The second kappa shape index (κ2) is 10.5. The predicted molar refractivity (Wildman–Crippen MR) is 151 cm³/mol. The number of aromatic nitrogens is 1. The largest absolute Gasteiger partial charge is 0.497 e. The van der Waals surface area contributed by atoms with Gasteiger partial charge in [0.25, 0.3) is 0 Å². The summed E-state index contributed by atoms with van der Waals surface area (Å²) in [5.74, 6) is 1.68. The highest BCUT2D eigenvalue weighted by molar-refractivity contribution is 6.06. The fourth-order valence-electron chi connectivity index (χ4n) is 5.33. The predicted octanol–water partition coefficient (Wildman–Crippen LogP) is 6.79. The third kappa shape index (κ3) is 4.88. The minimum absolute atomic E-state index is 0.0353. The first kappa shape index (κ1) is 23.9. The Hall–Kier alpha value is -4.51. The Bertz CT molecular complexity index is 1550. The lowest BCUT2D eigenvalue weighted by atomic mass is 9.88. The van der Waals surface area contributed by atoms with Crippen LogP contribution < -0.4 is 14.8 Å². The quantitative estimate of drug-likeness (QED) is 0.254. The van der Waals surface area contributed by atoms with Crippen LogP contribution >= 0.6 is 0 Å². The van der Waals surface area contributed by atoms with Gasteiger partial charge >= 0.3 is 0 Å². The van der Waals surface area contributed by atoms with E-state index in [1.807, 2.05) is 42.5 Å². The summed E-state index contributed by atoms with van der Waals surface area (Å²) in [5.41, 5.74) is 6.75. The highest BCUT2D eigenvalue weighted by Gasteiger charge is 2.28. The molecule has 1 aliphatic heterocycles. The van der Waals surface area contributed by atoms with Crippen molar-refractivity contribution in [3.05, 3.63) is 126 Å². The summed E-state index contributed by atoms with van der Waals surface area (Å²) in [6.07, 6.45) is 3.44. The third-order valence-electron chi connectivity index (χ3n) is 7.27. The average molecular weight is 503 g/mol. The van der Waals surface area contributed by atoms with Gasteiger partial charge in [-0.15, -0.1) is 0 Å². The van der Waals surface area contributed by atoms with E-state index in [2.05, 4.69) is 70.7 Å². The topological polar surface area (TPSA) is 52.5 Å². The van der Waals surface area contributed by atoms with E-state index in [9.17, 15) is 4.79 Å². The molecule has 1 unspecified atom stereocenters. The van der Waals surface area contributed by atoms with E-state index in [-0.39, 0.29) is 11.8 Å². The smallest absolute Gasteiger partial charge is 0.225 e. The van der Waals surface area contributed by atoms with Crippen molar-refractivity contribution in [3.8, 4) is 11.5 Å².